The Balaban J connectivity index is 1.96. The van der Waals surface area contributed by atoms with Crippen molar-refractivity contribution in [1.29, 1.82) is 0 Å². The molecule has 0 radical (unpaired) electrons. The van der Waals surface area contributed by atoms with E-state index < -0.39 is 0 Å². The summed E-state index contributed by atoms with van der Waals surface area (Å²) in [5.41, 5.74) is 1.27. The molecule has 1 heterocycles. The van der Waals surface area contributed by atoms with Crippen molar-refractivity contribution in [2.24, 2.45) is 4.99 Å². The second kappa shape index (κ2) is 12.8. The SMILES string of the molecule is CN=C(NCCN(C(C)C)C(C)C)NCC(c1ccc(OC)cc1)N1CCOCC1. The lowest BCUT2D eigenvalue weighted by Crippen LogP contribution is -2.48. The van der Waals surface area contributed by atoms with E-state index in [1.807, 2.05) is 19.2 Å². The predicted octanol–water partition coefficient (Wildman–Crippen LogP) is 2.35. The Hall–Kier alpha value is -1.83. The molecule has 0 aromatic heterocycles. The predicted molar refractivity (Wildman–Crippen MR) is 124 cm³/mol. The first-order chi connectivity index (χ1) is 14.5. The number of benzene rings is 1. The monoisotopic (exact) mass is 419 g/mol. The molecular formula is C23H41N5O2. The number of guanidine groups is 1. The Morgan fingerprint density at radius 1 is 1.10 bits per heavy atom. The van der Waals surface area contributed by atoms with Crippen LogP contribution in [0.4, 0.5) is 0 Å². The molecule has 1 atom stereocenters. The number of morpholine rings is 1. The minimum atomic E-state index is 0.251. The van der Waals surface area contributed by atoms with Gasteiger partial charge in [-0.25, -0.2) is 0 Å². The van der Waals surface area contributed by atoms with Crippen LogP contribution in [0, 0.1) is 0 Å². The third-order valence-electron chi connectivity index (χ3n) is 5.66. The Kier molecular flexibility index (Phi) is 10.4. The lowest BCUT2D eigenvalue weighted by molar-refractivity contribution is 0.0170. The Labute approximate surface area is 182 Å². The number of ether oxygens (including phenoxy) is 2. The van der Waals surface area contributed by atoms with Crippen LogP contribution in [-0.2, 0) is 4.74 Å². The molecule has 0 saturated carbocycles. The van der Waals surface area contributed by atoms with E-state index in [-0.39, 0.29) is 6.04 Å². The summed E-state index contributed by atoms with van der Waals surface area (Å²) in [5.74, 6) is 1.72. The van der Waals surface area contributed by atoms with Crippen LogP contribution in [0.25, 0.3) is 0 Å². The second-order valence-electron chi connectivity index (χ2n) is 8.24. The summed E-state index contributed by atoms with van der Waals surface area (Å²) in [5, 5.41) is 7.00. The summed E-state index contributed by atoms with van der Waals surface area (Å²) in [6.45, 7) is 15.0. The molecule has 0 aliphatic carbocycles. The van der Waals surface area contributed by atoms with Gasteiger partial charge in [0, 0.05) is 51.9 Å². The zero-order valence-electron chi connectivity index (χ0n) is 19.6. The average Bonchev–Trinajstić information content (AvgIpc) is 2.76. The molecule has 2 rings (SSSR count). The molecule has 1 saturated heterocycles. The molecular weight excluding hydrogens is 378 g/mol. The lowest BCUT2D eigenvalue weighted by atomic mass is 10.0. The van der Waals surface area contributed by atoms with Gasteiger partial charge < -0.3 is 20.1 Å². The molecule has 7 nitrogen and oxygen atoms in total. The molecule has 30 heavy (non-hydrogen) atoms. The maximum Gasteiger partial charge on any atom is 0.191 e. The molecule has 7 heteroatoms. The van der Waals surface area contributed by atoms with E-state index in [1.165, 1.54) is 5.56 Å². The van der Waals surface area contributed by atoms with E-state index in [1.54, 1.807) is 7.11 Å². The van der Waals surface area contributed by atoms with Crippen molar-refractivity contribution in [3.8, 4) is 5.75 Å². The minimum absolute atomic E-state index is 0.251. The van der Waals surface area contributed by atoms with E-state index >= 15 is 0 Å². The number of nitrogens with one attached hydrogen (secondary N) is 2. The summed E-state index contributed by atoms with van der Waals surface area (Å²) >= 11 is 0. The highest BCUT2D eigenvalue weighted by molar-refractivity contribution is 5.79. The largest absolute Gasteiger partial charge is 0.497 e. The van der Waals surface area contributed by atoms with Gasteiger partial charge in [-0.05, 0) is 45.4 Å². The van der Waals surface area contributed by atoms with Crippen LogP contribution in [0.2, 0.25) is 0 Å². The molecule has 1 fully saturated rings. The van der Waals surface area contributed by atoms with Crippen molar-refractivity contribution in [2.75, 3.05) is 60.1 Å². The first kappa shape index (κ1) is 24.4. The Bertz CT molecular complexity index is 619. The van der Waals surface area contributed by atoms with Crippen molar-refractivity contribution in [1.82, 2.24) is 20.4 Å². The summed E-state index contributed by atoms with van der Waals surface area (Å²) < 4.78 is 10.9. The van der Waals surface area contributed by atoms with E-state index in [4.69, 9.17) is 9.47 Å². The van der Waals surface area contributed by atoms with Crippen LogP contribution in [0.3, 0.4) is 0 Å². The summed E-state index contributed by atoms with van der Waals surface area (Å²) in [7, 11) is 3.53. The highest BCUT2D eigenvalue weighted by atomic mass is 16.5. The van der Waals surface area contributed by atoms with Crippen molar-refractivity contribution < 1.29 is 9.47 Å². The molecule has 0 bridgehead atoms. The summed E-state index contributed by atoms with van der Waals surface area (Å²) in [6.07, 6.45) is 0. The van der Waals surface area contributed by atoms with Gasteiger partial charge in [-0.1, -0.05) is 12.1 Å². The van der Waals surface area contributed by atoms with Crippen LogP contribution in [-0.4, -0.2) is 87.9 Å². The van der Waals surface area contributed by atoms with Crippen LogP contribution < -0.4 is 15.4 Å². The van der Waals surface area contributed by atoms with Gasteiger partial charge in [0.1, 0.15) is 5.75 Å². The van der Waals surface area contributed by atoms with Gasteiger partial charge in [0.25, 0.3) is 0 Å². The van der Waals surface area contributed by atoms with E-state index in [9.17, 15) is 0 Å². The van der Waals surface area contributed by atoms with Crippen molar-refractivity contribution in [3.63, 3.8) is 0 Å². The second-order valence-corrected chi connectivity index (χ2v) is 8.24. The average molecular weight is 420 g/mol. The molecule has 1 aromatic carbocycles. The fraction of sp³-hybridized carbons (Fsp3) is 0.696. The third-order valence-corrected chi connectivity index (χ3v) is 5.66. The van der Waals surface area contributed by atoms with Gasteiger partial charge in [0.2, 0.25) is 0 Å². The van der Waals surface area contributed by atoms with Gasteiger partial charge in [0.05, 0.1) is 26.4 Å². The lowest BCUT2D eigenvalue weighted by Gasteiger charge is -2.35. The molecule has 2 N–H and O–H groups in total. The van der Waals surface area contributed by atoms with Crippen molar-refractivity contribution in [3.05, 3.63) is 29.8 Å². The number of rotatable bonds is 10. The Morgan fingerprint density at radius 2 is 1.73 bits per heavy atom. The zero-order valence-corrected chi connectivity index (χ0v) is 19.6. The van der Waals surface area contributed by atoms with Gasteiger partial charge in [-0.3, -0.25) is 14.8 Å². The molecule has 0 spiro atoms. The minimum Gasteiger partial charge on any atom is -0.497 e. The smallest absolute Gasteiger partial charge is 0.191 e. The molecule has 1 unspecified atom stereocenters. The number of hydrogen-bond acceptors (Lipinski definition) is 5. The van der Waals surface area contributed by atoms with Crippen LogP contribution in [0.5, 0.6) is 5.75 Å². The molecule has 170 valence electrons. The summed E-state index contributed by atoms with van der Waals surface area (Å²) in [4.78, 5) is 9.38. The van der Waals surface area contributed by atoms with Crippen LogP contribution in [0.15, 0.2) is 29.3 Å². The topological polar surface area (TPSA) is 61.4 Å². The van der Waals surface area contributed by atoms with Crippen molar-refractivity contribution in [2.45, 2.75) is 45.8 Å². The summed E-state index contributed by atoms with van der Waals surface area (Å²) in [6, 6.07) is 9.68. The number of nitrogens with zero attached hydrogens (tertiary/aromatic N) is 3. The highest BCUT2D eigenvalue weighted by Gasteiger charge is 2.23. The normalized spacial score (nSPS) is 16.9. The van der Waals surface area contributed by atoms with E-state index in [0.717, 1.165) is 57.6 Å². The number of methoxy groups -OCH3 is 1. The van der Waals surface area contributed by atoms with Gasteiger partial charge in [-0.2, -0.15) is 0 Å². The van der Waals surface area contributed by atoms with Gasteiger partial charge >= 0.3 is 0 Å². The highest BCUT2D eigenvalue weighted by Crippen LogP contribution is 2.23. The molecule has 1 aliphatic rings. The number of hydrogen-bond donors (Lipinski definition) is 2. The maximum atomic E-state index is 5.56. The van der Waals surface area contributed by atoms with E-state index in [0.29, 0.717) is 12.1 Å². The van der Waals surface area contributed by atoms with E-state index in [2.05, 4.69) is 65.3 Å². The number of aliphatic imine (C=N–C) groups is 1. The van der Waals surface area contributed by atoms with Crippen LogP contribution >= 0.6 is 0 Å². The first-order valence-electron chi connectivity index (χ1n) is 11.1. The first-order valence-corrected chi connectivity index (χ1v) is 11.1. The van der Waals surface area contributed by atoms with Crippen LogP contribution in [0.1, 0.15) is 39.3 Å². The maximum absolute atomic E-state index is 5.56. The van der Waals surface area contributed by atoms with Gasteiger partial charge in [0.15, 0.2) is 5.96 Å². The standard InChI is InChI=1S/C23H41N5O2/c1-18(2)28(19(3)4)12-11-25-23(24-5)26-17-22(27-13-15-30-16-14-27)20-7-9-21(29-6)10-8-20/h7-10,18-19,22H,11-17H2,1-6H3,(H2,24,25,26). The zero-order chi connectivity index (χ0) is 21.9. The molecule has 0 amide bonds. The fourth-order valence-electron chi connectivity index (χ4n) is 4.00. The molecule has 1 aromatic rings. The van der Waals surface area contributed by atoms with Gasteiger partial charge in [-0.15, -0.1) is 0 Å². The fourth-order valence-corrected chi connectivity index (χ4v) is 4.00. The molecule has 1 aliphatic heterocycles. The van der Waals surface area contributed by atoms with Crippen molar-refractivity contribution >= 4 is 5.96 Å². The quantitative estimate of drug-likeness (QED) is 0.448. The third kappa shape index (κ3) is 7.45. The Morgan fingerprint density at radius 3 is 2.27 bits per heavy atom.